The molecule has 2 bridgehead atoms. The first-order chi connectivity index (χ1) is 9.91. The number of ether oxygens (including phenoxy) is 1. The molecule has 21 heavy (non-hydrogen) atoms. The van der Waals surface area contributed by atoms with Crippen molar-refractivity contribution in [1.82, 2.24) is 10.6 Å². The summed E-state index contributed by atoms with van der Waals surface area (Å²) in [4.78, 5) is 11.2. The first kappa shape index (κ1) is 16.6. The van der Waals surface area contributed by atoms with Crippen LogP contribution in [0.4, 0.5) is 4.79 Å². The Hall–Kier alpha value is -0.770. The Kier molecular flexibility index (Phi) is 5.18. The Bertz CT molecular complexity index is 370. The molecule has 2 saturated carbocycles. The fourth-order valence-corrected chi connectivity index (χ4v) is 4.45. The van der Waals surface area contributed by atoms with Crippen LogP contribution >= 0.6 is 0 Å². The van der Waals surface area contributed by atoms with Gasteiger partial charge in [-0.1, -0.05) is 13.8 Å². The van der Waals surface area contributed by atoms with Crippen molar-refractivity contribution in [3.63, 3.8) is 0 Å². The Balaban J connectivity index is 1.66. The summed E-state index contributed by atoms with van der Waals surface area (Å²) in [7, 11) is 0. The zero-order chi connectivity index (χ0) is 15.5. The molecule has 4 nitrogen and oxygen atoms in total. The van der Waals surface area contributed by atoms with E-state index in [2.05, 4.69) is 31.4 Å². The van der Waals surface area contributed by atoms with Crippen LogP contribution in [0, 0.1) is 17.3 Å². The second kappa shape index (κ2) is 6.55. The maximum absolute atomic E-state index is 11.2. The van der Waals surface area contributed by atoms with Gasteiger partial charge in [-0.3, -0.25) is 0 Å². The molecule has 0 saturated heterocycles. The smallest absolute Gasteiger partial charge is 0.407 e. The summed E-state index contributed by atoms with van der Waals surface area (Å²) in [5.41, 5.74) is 0.684. The summed E-state index contributed by atoms with van der Waals surface area (Å²) in [6.45, 7) is 11.3. The van der Waals surface area contributed by atoms with Crippen molar-refractivity contribution in [2.75, 3.05) is 19.7 Å². The number of nitrogens with one attached hydrogen (secondary N) is 2. The molecule has 3 atom stereocenters. The van der Waals surface area contributed by atoms with Gasteiger partial charge in [-0.05, 0) is 69.7 Å². The van der Waals surface area contributed by atoms with Crippen LogP contribution < -0.4 is 10.6 Å². The molecule has 0 aromatic carbocycles. The summed E-state index contributed by atoms with van der Waals surface area (Å²) in [5.74, 6) is 1.74. The zero-order valence-electron chi connectivity index (χ0n) is 14.1. The van der Waals surface area contributed by atoms with Crippen molar-refractivity contribution in [3.05, 3.63) is 0 Å². The highest BCUT2D eigenvalue weighted by Gasteiger charge is 2.59. The molecule has 4 heteroatoms. The minimum Gasteiger partial charge on any atom is -0.450 e. The lowest BCUT2D eigenvalue weighted by atomic mass is 9.64. The van der Waals surface area contributed by atoms with E-state index < -0.39 is 0 Å². The molecule has 2 rings (SSSR count). The quantitative estimate of drug-likeness (QED) is 0.709. The number of fused-ring (bicyclic) bond motifs is 2. The van der Waals surface area contributed by atoms with Gasteiger partial charge in [-0.25, -0.2) is 4.79 Å². The second-order valence-corrected chi connectivity index (χ2v) is 7.41. The van der Waals surface area contributed by atoms with Gasteiger partial charge < -0.3 is 15.4 Å². The lowest BCUT2D eigenvalue weighted by Crippen LogP contribution is -2.57. The average molecular weight is 296 g/mol. The van der Waals surface area contributed by atoms with E-state index in [-0.39, 0.29) is 11.6 Å². The Morgan fingerprint density at radius 1 is 1.14 bits per heavy atom. The molecule has 2 fully saturated rings. The Morgan fingerprint density at radius 3 is 2.43 bits per heavy atom. The van der Waals surface area contributed by atoms with Crippen molar-refractivity contribution in [2.24, 2.45) is 17.3 Å². The van der Waals surface area contributed by atoms with Gasteiger partial charge in [0.1, 0.15) is 0 Å². The molecule has 0 aromatic heterocycles. The van der Waals surface area contributed by atoms with Crippen molar-refractivity contribution < 1.29 is 9.53 Å². The largest absolute Gasteiger partial charge is 0.450 e. The predicted molar refractivity (Wildman–Crippen MR) is 85.3 cm³/mol. The first-order valence-electron chi connectivity index (χ1n) is 8.57. The fraction of sp³-hybridized carbons (Fsp3) is 0.941. The lowest BCUT2D eigenvalue weighted by molar-refractivity contribution is 0.0659. The Morgan fingerprint density at radius 2 is 1.81 bits per heavy atom. The Labute approximate surface area is 129 Å². The van der Waals surface area contributed by atoms with Crippen LogP contribution in [0.15, 0.2) is 0 Å². The average Bonchev–Trinajstić information content (AvgIpc) is 2.98. The maximum atomic E-state index is 11.2. The SMILES string of the molecule is CCOC(=O)NCCCCN[C@]1(C)[C@H]2CC[C@@H](C2)C1(C)C. The third-order valence-corrected chi connectivity index (χ3v) is 6.25. The van der Waals surface area contributed by atoms with Gasteiger partial charge in [0.15, 0.2) is 0 Å². The highest BCUT2D eigenvalue weighted by Crippen LogP contribution is 2.61. The topological polar surface area (TPSA) is 50.4 Å². The van der Waals surface area contributed by atoms with E-state index in [1.807, 2.05) is 6.92 Å². The van der Waals surface area contributed by atoms with Gasteiger partial charge in [-0.15, -0.1) is 0 Å². The van der Waals surface area contributed by atoms with Crippen molar-refractivity contribution in [2.45, 2.75) is 65.3 Å². The molecule has 2 N–H and O–H groups in total. The molecule has 2 aliphatic carbocycles. The van der Waals surface area contributed by atoms with Gasteiger partial charge >= 0.3 is 6.09 Å². The van der Waals surface area contributed by atoms with Crippen molar-refractivity contribution in [3.8, 4) is 0 Å². The molecular formula is C17H32N2O2. The minimum absolute atomic E-state index is 0.282. The molecule has 2 aliphatic rings. The minimum atomic E-state index is -0.299. The number of hydrogen-bond acceptors (Lipinski definition) is 3. The molecular weight excluding hydrogens is 264 g/mol. The van der Waals surface area contributed by atoms with Gasteiger partial charge in [0.05, 0.1) is 6.61 Å². The van der Waals surface area contributed by atoms with Crippen LogP contribution in [-0.4, -0.2) is 31.3 Å². The standard InChI is InChI=1S/C17H32N2O2/c1-5-21-15(20)18-10-6-7-11-19-17(4)14-9-8-13(12-14)16(17,2)3/h13-14,19H,5-12H2,1-4H3,(H,18,20)/t13-,14-,17+/m0/s1. The maximum Gasteiger partial charge on any atom is 0.407 e. The van der Waals surface area contributed by atoms with Crippen molar-refractivity contribution in [1.29, 1.82) is 0 Å². The van der Waals surface area contributed by atoms with Crippen LogP contribution in [0.5, 0.6) is 0 Å². The first-order valence-corrected chi connectivity index (χ1v) is 8.57. The number of alkyl carbamates (subject to hydrolysis) is 1. The van der Waals surface area contributed by atoms with Gasteiger partial charge in [0, 0.05) is 12.1 Å². The third kappa shape index (κ3) is 3.20. The summed E-state index contributed by atoms with van der Waals surface area (Å²) < 4.78 is 4.84. The van der Waals surface area contributed by atoms with E-state index in [4.69, 9.17) is 4.74 Å². The third-order valence-electron chi connectivity index (χ3n) is 6.25. The highest BCUT2D eigenvalue weighted by molar-refractivity contribution is 5.66. The van der Waals surface area contributed by atoms with Crippen molar-refractivity contribution >= 4 is 6.09 Å². The number of rotatable bonds is 7. The van der Waals surface area contributed by atoms with E-state index in [0.717, 1.165) is 31.2 Å². The van der Waals surface area contributed by atoms with Crippen LogP contribution in [0.1, 0.15) is 59.8 Å². The number of carbonyl (C=O) groups is 1. The van der Waals surface area contributed by atoms with Crippen LogP contribution in [0.3, 0.4) is 0 Å². The predicted octanol–water partition coefficient (Wildman–Crippen LogP) is 3.32. The number of amides is 1. The summed E-state index contributed by atoms with van der Waals surface area (Å²) in [6.07, 6.45) is 6.00. The molecule has 0 heterocycles. The molecule has 0 radical (unpaired) electrons. The summed E-state index contributed by atoms with van der Waals surface area (Å²) in [6, 6.07) is 0. The van der Waals surface area contributed by atoms with Gasteiger partial charge in [0.25, 0.3) is 0 Å². The van der Waals surface area contributed by atoms with E-state index >= 15 is 0 Å². The van der Waals surface area contributed by atoms with Crippen LogP contribution in [0.25, 0.3) is 0 Å². The molecule has 0 unspecified atom stereocenters. The number of unbranched alkanes of at least 4 members (excludes halogenated alkanes) is 1. The molecule has 122 valence electrons. The van der Waals surface area contributed by atoms with E-state index in [1.54, 1.807) is 0 Å². The molecule has 0 spiro atoms. The molecule has 0 aliphatic heterocycles. The van der Waals surface area contributed by atoms with Gasteiger partial charge in [-0.2, -0.15) is 0 Å². The van der Waals surface area contributed by atoms with Crippen LogP contribution in [0.2, 0.25) is 0 Å². The van der Waals surface area contributed by atoms with E-state index in [1.165, 1.54) is 19.3 Å². The second-order valence-electron chi connectivity index (χ2n) is 7.41. The normalized spacial score (nSPS) is 33.1. The van der Waals surface area contributed by atoms with E-state index in [0.29, 0.717) is 18.6 Å². The highest BCUT2D eigenvalue weighted by atomic mass is 16.5. The van der Waals surface area contributed by atoms with E-state index in [9.17, 15) is 4.79 Å². The number of carbonyl (C=O) groups excluding carboxylic acids is 1. The summed E-state index contributed by atoms with van der Waals surface area (Å²) in [5, 5.41) is 6.62. The van der Waals surface area contributed by atoms with Crippen LogP contribution in [-0.2, 0) is 4.74 Å². The number of hydrogen-bond donors (Lipinski definition) is 2. The fourth-order valence-electron chi connectivity index (χ4n) is 4.45. The summed E-state index contributed by atoms with van der Waals surface area (Å²) >= 11 is 0. The molecule has 1 amide bonds. The molecule has 0 aromatic rings. The van der Waals surface area contributed by atoms with Gasteiger partial charge in [0.2, 0.25) is 0 Å². The lowest BCUT2D eigenvalue weighted by Gasteiger charge is -2.48. The zero-order valence-corrected chi connectivity index (χ0v) is 14.1. The monoisotopic (exact) mass is 296 g/mol.